The van der Waals surface area contributed by atoms with Crippen LogP contribution in [0.5, 0.6) is 0 Å². The number of nitro groups is 1. The Hall–Kier alpha value is -2.92. The standard InChI is InChI=1S/C19H19F2N3O5S/c1-12-2-4-15(24(26)27)11-18(12)30(28,29)23-8-6-13(7-9-23)19(25)22-17-5-3-14(20)10-16(17)21/h2-5,10-11,13H,6-9H2,1H3,(H,22,25). The molecule has 0 aliphatic carbocycles. The Kier molecular flexibility index (Phi) is 6.13. The summed E-state index contributed by atoms with van der Waals surface area (Å²) in [6.07, 6.45) is 0.393. The smallest absolute Gasteiger partial charge is 0.270 e. The molecule has 2 aromatic rings. The number of hydrogen-bond donors (Lipinski definition) is 1. The Labute approximate surface area is 171 Å². The van der Waals surface area contributed by atoms with Crippen LogP contribution in [0.25, 0.3) is 0 Å². The molecule has 0 spiro atoms. The molecule has 1 amide bonds. The van der Waals surface area contributed by atoms with Crippen molar-refractivity contribution in [3.8, 4) is 0 Å². The Morgan fingerprint density at radius 1 is 1.17 bits per heavy atom. The Morgan fingerprint density at radius 3 is 2.43 bits per heavy atom. The van der Waals surface area contributed by atoms with Crippen LogP contribution in [-0.2, 0) is 14.8 Å². The molecule has 0 radical (unpaired) electrons. The monoisotopic (exact) mass is 439 g/mol. The molecule has 30 heavy (non-hydrogen) atoms. The van der Waals surface area contributed by atoms with E-state index in [9.17, 15) is 32.1 Å². The van der Waals surface area contributed by atoms with Gasteiger partial charge in [0.2, 0.25) is 15.9 Å². The van der Waals surface area contributed by atoms with Gasteiger partial charge in [0.1, 0.15) is 11.6 Å². The lowest BCUT2D eigenvalue weighted by Gasteiger charge is -2.30. The van der Waals surface area contributed by atoms with Crippen LogP contribution < -0.4 is 5.32 Å². The molecule has 11 heteroatoms. The molecule has 0 saturated carbocycles. The molecule has 1 fully saturated rings. The summed E-state index contributed by atoms with van der Waals surface area (Å²) in [5.41, 5.74) is -0.0920. The maximum atomic E-state index is 13.7. The Bertz CT molecular complexity index is 1100. The van der Waals surface area contributed by atoms with E-state index in [1.807, 2.05) is 0 Å². The van der Waals surface area contributed by atoms with Gasteiger partial charge in [-0.2, -0.15) is 4.31 Å². The second-order valence-corrected chi connectivity index (χ2v) is 8.91. The lowest BCUT2D eigenvalue weighted by atomic mass is 9.97. The van der Waals surface area contributed by atoms with Crippen LogP contribution in [0.15, 0.2) is 41.3 Å². The third kappa shape index (κ3) is 4.46. The normalized spacial score (nSPS) is 15.7. The number of nitrogens with zero attached hydrogens (tertiary/aromatic N) is 2. The summed E-state index contributed by atoms with van der Waals surface area (Å²) in [5, 5.41) is 13.4. The van der Waals surface area contributed by atoms with E-state index in [0.717, 1.165) is 18.2 Å². The molecule has 160 valence electrons. The zero-order valence-corrected chi connectivity index (χ0v) is 16.8. The van der Waals surface area contributed by atoms with Gasteiger partial charge >= 0.3 is 0 Å². The highest BCUT2D eigenvalue weighted by atomic mass is 32.2. The van der Waals surface area contributed by atoms with E-state index in [-0.39, 0.29) is 42.2 Å². The highest BCUT2D eigenvalue weighted by Crippen LogP contribution is 2.29. The average molecular weight is 439 g/mol. The van der Waals surface area contributed by atoms with Crippen LogP contribution in [0.2, 0.25) is 0 Å². The molecule has 8 nitrogen and oxygen atoms in total. The number of nitrogens with one attached hydrogen (secondary N) is 1. The topological polar surface area (TPSA) is 110 Å². The Balaban J connectivity index is 1.69. The number of piperidine rings is 1. The summed E-state index contributed by atoms with van der Waals surface area (Å²) in [6.45, 7) is 1.62. The number of non-ortho nitro benzene ring substituents is 1. The highest BCUT2D eigenvalue weighted by Gasteiger charge is 2.33. The van der Waals surface area contributed by atoms with Crippen molar-refractivity contribution in [2.45, 2.75) is 24.7 Å². The van der Waals surface area contributed by atoms with E-state index in [0.29, 0.717) is 11.6 Å². The number of rotatable bonds is 5. The number of nitro benzene ring substituents is 1. The average Bonchev–Trinajstić information content (AvgIpc) is 2.70. The SMILES string of the molecule is Cc1ccc([N+](=O)[O-])cc1S(=O)(=O)N1CCC(C(=O)Nc2ccc(F)cc2F)CC1. The van der Waals surface area contributed by atoms with E-state index in [2.05, 4.69) is 5.32 Å². The van der Waals surface area contributed by atoms with Gasteiger partial charge in [-0.3, -0.25) is 14.9 Å². The first kappa shape index (κ1) is 21.8. The summed E-state index contributed by atoms with van der Waals surface area (Å²) in [6, 6.07) is 6.44. The minimum Gasteiger partial charge on any atom is -0.323 e. The lowest BCUT2D eigenvalue weighted by Crippen LogP contribution is -2.41. The van der Waals surface area contributed by atoms with Crippen LogP contribution in [0, 0.1) is 34.6 Å². The maximum absolute atomic E-state index is 13.7. The van der Waals surface area contributed by atoms with Gasteiger partial charge in [-0.1, -0.05) is 6.07 Å². The van der Waals surface area contributed by atoms with Crippen LogP contribution in [0.4, 0.5) is 20.2 Å². The number of anilines is 1. The molecular weight excluding hydrogens is 420 g/mol. The third-order valence-corrected chi connectivity index (χ3v) is 7.05. The summed E-state index contributed by atoms with van der Waals surface area (Å²) >= 11 is 0. The number of benzene rings is 2. The number of carbonyl (C=O) groups is 1. The third-order valence-electron chi connectivity index (χ3n) is 5.01. The quantitative estimate of drug-likeness (QED) is 0.568. The van der Waals surface area contributed by atoms with Crippen molar-refractivity contribution in [2.24, 2.45) is 5.92 Å². The van der Waals surface area contributed by atoms with Crippen LogP contribution in [-0.4, -0.2) is 36.6 Å². The van der Waals surface area contributed by atoms with Gasteiger partial charge in [0.05, 0.1) is 15.5 Å². The van der Waals surface area contributed by atoms with Crippen molar-refractivity contribution >= 4 is 27.3 Å². The van der Waals surface area contributed by atoms with Gasteiger partial charge in [0, 0.05) is 37.2 Å². The van der Waals surface area contributed by atoms with E-state index >= 15 is 0 Å². The fraction of sp³-hybridized carbons (Fsp3) is 0.316. The van der Waals surface area contributed by atoms with Crippen molar-refractivity contribution in [1.29, 1.82) is 0 Å². The van der Waals surface area contributed by atoms with Crippen LogP contribution in [0.1, 0.15) is 18.4 Å². The summed E-state index contributed by atoms with van der Waals surface area (Å²) < 4.78 is 53.8. The minimum atomic E-state index is -3.97. The van der Waals surface area contributed by atoms with Gasteiger partial charge in [-0.25, -0.2) is 17.2 Å². The molecule has 1 N–H and O–H groups in total. The van der Waals surface area contributed by atoms with Gasteiger partial charge in [-0.05, 0) is 37.5 Å². The number of carbonyl (C=O) groups excluding carboxylic acids is 1. The molecule has 1 aliphatic rings. The number of sulfonamides is 1. The predicted octanol–water partition coefficient (Wildman–Crippen LogP) is 3.22. The highest BCUT2D eigenvalue weighted by molar-refractivity contribution is 7.89. The van der Waals surface area contributed by atoms with E-state index in [1.54, 1.807) is 6.92 Å². The first-order chi connectivity index (χ1) is 14.1. The van der Waals surface area contributed by atoms with Crippen molar-refractivity contribution in [3.63, 3.8) is 0 Å². The Morgan fingerprint density at radius 2 is 1.83 bits per heavy atom. The molecule has 0 unspecified atom stereocenters. The first-order valence-electron chi connectivity index (χ1n) is 9.10. The summed E-state index contributed by atoms with van der Waals surface area (Å²) in [7, 11) is -3.97. The molecule has 1 aliphatic heterocycles. The molecule has 0 atom stereocenters. The number of hydrogen-bond acceptors (Lipinski definition) is 5. The molecule has 3 rings (SSSR count). The first-order valence-corrected chi connectivity index (χ1v) is 10.5. The van der Waals surface area contributed by atoms with Gasteiger partial charge in [0.15, 0.2) is 0 Å². The van der Waals surface area contributed by atoms with Crippen molar-refractivity contribution < 1.29 is 26.9 Å². The second kappa shape index (κ2) is 8.44. The summed E-state index contributed by atoms with van der Waals surface area (Å²) in [5.74, 6) is -2.69. The molecule has 2 aromatic carbocycles. The van der Waals surface area contributed by atoms with E-state index < -0.39 is 38.4 Å². The predicted molar refractivity (Wildman–Crippen MR) is 104 cm³/mol. The number of aryl methyl sites for hydroxylation is 1. The van der Waals surface area contributed by atoms with E-state index in [1.165, 1.54) is 16.4 Å². The second-order valence-electron chi connectivity index (χ2n) is 7.00. The largest absolute Gasteiger partial charge is 0.323 e. The molecule has 1 heterocycles. The molecular formula is C19H19F2N3O5S. The lowest BCUT2D eigenvalue weighted by molar-refractivity contribution is -0.385. The zero-order valence-electron chi connectivity index (χ0n) is 16.0. The van der Waals surface area contributed by atoms with Gasteiger partial charge in [-0.15, -0.1) is 0 Å². The molecule has 0 aromatic heterocycles. The molecule has 1 saturated heterocycles. The van der Waals surface area contributed by atoms with Crippen molar-refractivity contribution in [1.82, 2.24) is 4.31 Å². The van der Waals surface area contributed by atoms with Crippen LogP contribution >= 0.6 is 0 Å². The van der Waals surface area contributed by atoms with Crippen molar-refractivity contribution in [3.05, 3.63) is 63.7 Å². The summed E-state index contributed by atoms with van der Waals surface area (Å²) in [4.78, 5) is 22.6. The number of amides is 1. The van der Waals surface area contributed by atoms with Gasteiger partial charge < -0.3 is 5.32 Å². The maximum Gasteiger partial charge on any atom is 0.270 e. The molecule has 0 bridgehead atoms. The minimum absolute atomic E-state index is 0.0362. The van der Waals surface area contributed by atoms with Crippen molar-refractivity contribution in [2.75, 3.05) is 18.4 Å². The van der Waals surface area contributed by atoms with Crippen LogP contribution in [0.3, 0.4) is 0 Å². The van der Waals surface area contributed by atoms with Gasteiger partial charge in [0.25, 0.3) is 5.69 Å². The fourth-order valence-electron chi connectivity index (χ4n) is 3.30. The fourth-order valence-corrected chi connectivity index (χ4v) is 5.02. The number of halogens is 2. The zero-order chi connectivity index (χ0) is 22.1. The van der Waals surface area contributed by atoms with E-state index in [4.69, 9.17) is 0 Å².